The summed E-state index contributed by atoms with van der Waals surface area (Å²) in [5.74, 6) is 1.19. The molecule has 2 aromatic rings. The Morgan fingerprint density at radius 3 is 2.87 bits per heavy atom. The van der Waals surface area contributed by atoms with Crippen LogP contribution >= 0.6 is 0 Å². The first kappa shape index (κ1) is 15.7. The summed E-state index contributed by atoms with van der Waals surface area (Å²) in [5, 5.41) is 3.00. The third-order valence-electron chi connectivity index (χ3n) is 4.15. The molecular formula is C18H22N2O3. The van der Waals surface area contributed by atoms with E-state index in [4.69, 9.17) is 9.15 Å². The Balaban J connectivity index is 1.63. The van der Waals surface area contributed by atoms with Gasteiger partial charge in [0.05, 0.1) is 24.3 Å². The number of nitrogens with zero attached hydrogens (tertiary/aromatic N) is 1. The standard InChI is InChI=1S/C18H22N2O3/c1-12(16-9-6-10-22-16)19-17(21)11-15-13(2)23-18(20-15)14-7-4-3-5-8-14/h3-5,7-8,12,16H,6,9-11H2,1-2H3,(H,19,21)/t12-,16-/m1/s1. The summed E-state index contributed by atoms with van der Waals surface area (Å²) in [5.41, 5.74) is 1.59. The Hall–Kier alpha value is -2.14. The molecule has 1 fully saturated rings. The van der Waals surface area contributed by atoms with Crippen LogP contribution in [-0.4, -0.2) is 29.6 Å². The van der Waals surface area contributed by atoms with Crippen LogP contribution < -0.4 is 5.32 Å². The van der Waals surface area contributed by atoms with Crippen molar-refractivity contribution in [3.63, 3.8) is 0 Å². The molecule has 2 atom stereocenters. The summed E-state index contributed by atoms with van der Waals surface area (Å²) in [7, 11) is 0. The quantitative estimate of drug-likeness (QED) is 0.921. The molecule has 1 aromatic heterocycles. The number of ether oxygens (including phenoxy) is 1. The SMILES string of the molecule is Cc1oc(-c2ccccc2)nc1CC(=O)N[C@H](C)[C@H]1CCCO1. The van der Waals surface area contributed by atoms with Crippen LogP contribution in [0.25, 0.3) is 11.5 Å². The lowest BCUT2D eigenvalue weighted by molar-refractivity contribution is -0.122. The van der Waals surface area contributed by atoms with Crippen molar-refractivity contribution in [3.05, 3.63) is 41.8 Å². The summed E-state index contributed by atoms with van der Waals surface area (Å²) in [4.78, 5) is 16.7. The summed E-state index contributed by atoms with van der Waals surface area (Å²) in [6, 6.07) is 9.71. The molecule has 5 heteroatoms. The van der Waals surface area contributed by atoms with Crippen LogP contribution in [0.4, 0.5) is 0 Å². The number of carbonyl (C=O) groups is 1. The summed E-state index contributed by atoms with van der Waals surface area (Å²) < 4.78 is 11.3. The zero-order valence-corrected chi connectivity index (χ0v) is 13.5. The highest BCUT2D eigenvalue weighted by atomic mass is 16.5. The molecule has 0 saturated carbocycles. The maximum absolute atomic E-state index is 12.2. The van der Waals surface area contributed by atoms with Crippen LogP contribution in [0.5, 0.6) is 0 Å². The Labute approximate surface area is 136 Å². The van der Waals surface area contributed by atoms with E-state index in [9.17, 15) is 4.79 Å². The lowest BCUT2D eigenvalue weighted by Gasteiger charge is -2.19. The minimum Gasteiger partial charge on any atom is -0.441 e. The predicted molar refractivity (Wildman–Crippen MR) is 87.0 cm³/mol. The molecule has 1 aliphatic rings. The van der Waals surface area contributed by atoms with Crippen LogP contribution in [0.2, 0.25) is 0 Å². The Kier molecular flexibility index (Phi) is 4.76. The Morgan fingerprint density at radius 2 is 2.17 bits per heavy atom. The Bertz CT molecular complexity index is 660. The predicted octanol–water partition coefficient (Wildman–Crippen LogP) is 2.88. The molecule has 1 amide bonds. The maximum Gasteiger partial charge on any atom is 0.226 e. The van der Waals surface area contributed by atoms with Gasteiger partial charge in [-0.05, 0) is 38.8 Å². The molecule has 0 radical (unpaired) electrons. The zero-order valence-electron chi connectivity index (χ0n) is 13.5. The summed E-state index contributed by atoms with van der Waals surface area (Å²) in [6.45, 7) is 4.61. The van der Waals surface area contributed by atoms with Gasteiger partial charge in [0.2, 0.25) is 11.8 Å². The van der Waals surface area contributed by atoms with Crippen molar-refractivity contribution >= 4 is 5.91 Å². The highest BCUT2D eigenvalue weighted by Gasteiger charge is 2.24. The van der Waals surface area contributed by atoms with Crippen LogP contribution in [-0.2, 0) is 16.0 Å². The molecule has 122 valence electrons. The first-order valence-corrected chi connectivity index (χ1v) is 8.06. The number of carbonyl (C=O) groups excluding carboxylic acids is 1. The fraction of sp³-hybridized carbons (Fsp3) is 0.444. The molecule has 0 bridgehead atoms. The molecule has 0 unspecified atom stereocenters. The van der Waals surface area contributed by atoms with Gasteiger partial charge in [-0.3, -0.25) is 4.79 Å². The van der Waals surface area contributed by atoms with Gasteiger partial charge in [0, 0.05) is 12.2 Å². The van der Waals surface area contributed by atoms with Crippen molar-refractivity contribution in [2.75, 3.05) is 6.61 Å². The van der Waals surface area contributed by atoms with Crippen LogP contribution in [0.3, 0.4) is 0 Å². The lowest BCUT2D eigenvalue weighted by Crippen LogP contribution is -2.41. The topological polar surface area (TPSA) is 64.4 Å². The molecule has 0 spiro atoms. The van der Waals surface area contributed by atoms with Gasteiger partial charge in [-0.25, -0.2) is 4.98 Å². The molecule has 1 aromatic carbocycles. The monoisotopic (exact) mass is 314 g/mol. The van der Waals surface area contributed by atoms with Crippen LogP contribution in [0, 0.1) is 6.92 Å². The number of hydrogen-bond acceptors (Lipinski definition) is 4. The van der Waals surface area contributed by atoms with E-state index in [2.05, 4.69) is 10.3 Å². The van der Waals surface area contributed by atoms with Gasteiger partial charge < -0.3 is 14.5 Å². The van der Waals surface area contributed by atoms with Crippen molar-refractivity contribution in [2.24, 2.45) is 0 Å². The van der Waals surface area contributed by atoms with Gasteiger partial charge in [-0.1, -0.05) is 18.2 Å². The highest BCUT2D eigenvalue weighted by molar-refractivity contribution is 5.78. The zero-order chi connectivity index (χ0) is 16.2. The van der Waals surface area contributed by atoms with Crippen molar-refractivity contribution in [1.29, 1.82) is 0 Å². The Morgan fingerprint density at radius 1 is 1.39 bits per heavy atom. The first-order chi connectivity index (χ1) is 11.1. The highest BCUT2D eigenvalue weighted by Crippen LogP contribution is 2.22. The van der Waals surface area contributed by atoms with E-state index in [-0.39, 0.29) is 24.5 Å². The van der Waals surface area contributed by atoms with Gasteiger partial charge >= 0.3 is 0 Å². The second kappa shape index (κ2) is 6.96. The van der Waals surface area contributed by atoms with E-state index >= 15 is 0 Å². The van der Waals surface area contributed by atoms with E-state index in [1.165, 1.54) is 0 Å². The average molecular weight is 314 g/mol. The molecule has 3 rings (SSSR count). The first-order valence-electron chi connectivity index (χ1n) is 8.06. The minimum absolute atomic E-state index is 0.0193. The van der Waals surface area contributed by atoms with E-state index in [1.807, 2.05) is 44.2 Å². The number of hydrogen-bond donors (Lipinski definition) is 1. The molecule has 5 nitrogen and oxygen atoms in total. The second-order valence-electron chi connectivity index (χ2n) is 5.97. The third-order valence-corrected chi connectivity index (χ3v) is 4.15. The lowest BCUT2D eigenvalue weighted by atomic mass is 10.1. The third kappa shape index (κ3) is 3.79. The molecule has 1 aliphatic heterocycles. The van der Waals surface area contributed by atoms with Gasteiger partial charge in [0.25, 0.3) is 0 Å². The van der Waals surface area contributed by atoms with Gasteiger partial charge in [0.1, 0.15) is 5.76 Å². The fourth-order valence-electron chi connectivity index (χ4n) is 2.84. The molecule has 1 saturated heterocycles. The van der Waals surface area contributed by atoms with Crippen molar-refractivity contribution in [3.8, 4) is 11.5 Å². The maximum atomic E-state index is 12.2. The van der Waals surface area contributed by atoms with Crippen LogP contribution in [0.15, 0.2) is 34.7 Å². The van der Waals surface area contributed by atoms with Crippen LogP contribution in [0.1, 0.15) is 31.2 Å². The number of aromatic nitrogens is 1. The molecule has 23 heavy (non-hydrogen) atoms. The van der Waals surface area contributed by atoms with E-state index in [1.54, 1.807) is 0 Å². The second-order valence-corrected chi connectivity index (χ2v) is 5.97. The largest absolute Gasteiger partial charge is 0.441 e. The number of oxazole rings is 1. The number of nitrogens with one attached hydrogen (secondary N) is 1. The van der Waals surface area contributed by atoms with E-state index in [0.717, 1.165) is 25.0 Å². The molecule has 0 aliphatic carbocycles. The van der Waals surface area contributed by atoms with E-state index < -0.39 is 0 Å². The number of aryl methyl sites for hydroxylation is 1. The smallest absolute Gasteiger partial charge is 0.226 e. The van der Waals surface area contributed by atoms with Crippen molar-refractivity contribution in [2.45, 2.75) is 45.3 Å². The summed E-state index contributed by atoms with van der Waals surface area (Å²) >= 11 is 0. The fourth-order valence-corrected chi connectivity index (χ4v) is 2.84. The number of benzene rings is 1. The van der Waals surface area contributed by atoms with Gasteiger partial charge in [0.15, 0.2) is 0 Å². The minimum atomic E-state index is -0.0518. The van der Waals surface area contributed by atoms with Gasteiger partial charge in [-0.2, -0.15) is 0 Å². The van der Waals surface area contributed by atoms with E-state index in [0.29, 0.717) is 17.3 Å². The molecule has 1 N–H and O–H groups in total. The molecule has 2 heterocycles. The van der Waals surface area contributed by atoms with Crippen molar-refractivity contribution < 1.29 is 13.9 Å². The van der Waals surface area contributed by atoms with Crippen molar-refractivity contribution in [1.82, 2.24) is 10.3 Å². The molecular weight excluding hydrogens is 292 g/mol. The number of amides is 1. The normalized spacial score (nSPS) is 18.8. The number of rotatable bonds is 5. The average Bonchev–Trinajstić information content (AvgIpc) is 3.19. The summed E-state index contributed by atoms with van der Waals surface area (Å²) in [6.07, 6.45) is 2.41. The van der Waals surface area contributed by atoms with Gasteiger partial charge in [-0.15, -0.1) is 0 Å².